The Morgan fingerprint density at radius 1 is 1.36 bits per heavy atom. The molecule has 0 spiro atoms. The van der Waals surface area contributed by atoms with Gasteiger partial charge < -0.3 is 15.0 Å². The molecule has 0 unspecified atom stereocenters. The van der Waals surface area contributed by atoms with E-state index < -0.39 is 0 Å². The summed E-state index contributed by atoms with van der Waals surface area (Å²) in [6, 6.07) is 10.2. The molecule has 1 fully saturated rings. The van der Waals surface area contributed by atoms with Crippen LogP contribution in [0.5, 0.6) is 0 Å². The van der Waals surface area contributed by atoms with Crippen molar-refractivity contribution in [2.24, 2.45) is 10.9 Å². The Balaban J connectivity index is 1.52. The number of ether oxygens (including phenoxy) is 1. The maximum absolute atomic E-state index is 5.72. The van der Waals surface area contributed by atoms with Crippen LogP contribution >= 0.6 is 0 Å². The fourth-order valence-electron chi connectivity index (χ4n) is 2.70. The Kier molecular flexibility index (Phi) is 6.06. The first kappa shape index (κ1) is 17.5. The third-order valence-corrected chi connectivity index (χ3v) is 4.37. The van der Waals surface area contributed by atoms with E-state index in [0.29, 0.717) is 6.54 Å². The second-order valence-electron chi connectivity index (χ2n) is 6.42. The first-order valence-corrected chi connectivity index (χ1v) is 8.85. The van der Waals surface area contributed by atoms with Gasteiger partial charge in [-0.1, -0.05) is 18.2 Å². The van der Waals surface area contributed by atoms with Gasteiger partial charge >= 0.3 is 0 Å². The summed E-state index contributed by atoms with van der Waals surface area (Å²) in [7, 11) is 3.85. The Morgan fingerprint density at radius 2 is 2.20 bits per heavy atom. The molecule has 1 aliphatic carbocycles. The number of nitrogens with zero attached hydrogens (tertiary/aromatic N) is 4. The lowest BCUT2D eigenvalue weighted by Crippen LogP contribution is -2.40. The number of guanidine groups is 1. The normalized spacial score (nSPS) is 14.6. The minimum Gasteiger partial charge on any atom is -0.379 e. The second kappa shape index (κ2) is 8.67. The van der Waals surface area contributed by atoms with E-state index in [4.69, 9.17) is 4.74 Å². The van der Waals surface area contributed by atoms with E-state index in [-0.39, 0.29) is 0 Å². The lowest BCUT2D eigenvalue weighted by atomic mass is 10.2. The topological polar surface area (TPSA) is 54.7 Å². The number of rotatable bonds is 8. The second-order valence-corrected chi connectivity index (χ2v) is 6.42. The van der Waals surface area contributed by atoms with Gasteiger partial charge in [-0.05, 0) is 36.5 Å². The minimum absolute atomic E-state index is 0.690. The SMILES string of the molecule is CN=C(NCc1ccccc1-n1cccn1)N(C)CCOCC1CC1. The number of nitrogens with one attached hydrogen (secondary N) is 1. The first-order chi connectivity index (χ1) is 12.3. The summed E-state index contributed by atoms with van der Waals surface area (Å²) in [5, 5.41) is 7.76. The van der Waals surface area contributed by atoms with Gasteiger partial charge in [-0.2, -0.15) is 5.10 Å². The highest BCUT2D eigenvalue weighted by atomic mass is 16.5. The summed E-state index contributed by atoms with van der Waals surface area (Å²) in [5.74, 6) is 1.67. The first-order valence-electron chi connectivity index (χ1n) is 8.85. The van der Waals surface area contributed by atoms with Crippen LogP contribution in [0.3, 0.4) is 0 Å². The zero-order chi connectivity index (χ0) is 17.5. The number of benzene rings is 1. The highest BCUT2D eigenvalue weighted by Crippen LogP contribution is 2.28. The van der Waals surface area contributed by atoms with Crippen molar-refractivity contribution in [2.75, 3.05) is 33.9 Å². The van der Waals surface area contributed by atoms with Gasteiger partial charge in [-0.15, -0.1) is 0 Å². The molecule has 0 aliphatic heterocycles. The van der Waals surface area contributed by atoms with Crippen molar-refractivity contribution in [3.8, 4) is 5.69 Å². The van der Waals surface area contributed by atoms with Gasteiger partial charge in [0.25, 0.3) is 0 Å². The van der Waals surface area contributed by atoms with Crippen molar-refractivity contribution in [1.82, 2.24) is 20.0 Å². The molecule has 6 nitrogen and oxygen atoms in total. The lowest BCUT2D eigenvalue weighted by Gasteiger charge is -2.22. The maximum Gasteiger partial charge on any atom is 0.193 e. The largest absolute Gasteiger partial charge is 0.379 e. The van der Waals surface area contributed by atoms with Gasteiger partial charge in [-0.3, -0.25) is 4.99 Å². The molecule has 0 atom stereocenters. The van der Waals surface area contributed by atoms with Crippen LogP contribution in [0.25, 0.3) is 5.69 Å². The molecule has 2 aromatic rings. The fraction of sp³-hybridized carbons (Fsp3) is 0.474. The summed E-state index contributed by atoms with van der Waals surface area (Å²) in [5.41, 5.74) is 2.25. The van der Waals surface area contributed by atoms with Gasteiger partial charge in [0.05, 0.1) is 12.3 Å². The Hall–Kier alpha value is -2.34. The van der Waals surface area contributed by atoms with Crippen LogP contribution in [-0.4, -0.2) is 54.5 Å². The fourth-order valence-corrected chi connectivity index (χ4v) is 2.70. The third kappa shape index (κ3) is 5.06. The van der Waals surface area contributed by atoms with E-state index in [9.17, 15) is 0 Å². The zero-order valence-corrected chi connectivity index (χ0v) is 15.1. The maximum atomic E-state index is 5.72. The molecule has 0 bridgehead atoms. The number of aromatic nitrogens is 2. The van der Waals surface area contributed by atoms with Crippen LogP contribution in [-0.2, 0) is 11.3 Å². The third-order valence-electron chi connectivity index (χ3n) is 4.37. The van der Waals surface area contributed by atoms with E-state index in [2.05, 4.69) is 32.4 Å². The Morgan fingerprint density at radius 3 is 2.92 bits per heavy atom. The highest BCUT2D eigenvalue weighted by Gasteiger charge is 2.21. The molecule has 1 aliphatic rings. The molecular weight excluding hydrogens is 314 g/mol. The van der Waals surface area contributed by atoms with Crippen molar-refractivity contribution < 1.29 is 4.74 Å². The van der Waals surface area contributed by atoms with Crippen molar-refractivity contribution in [1.29, 1.82) is 0 Å². The minimum atomic E-state index is 0.690. The molecule has 1 saturated carbocycles. The Labute approximate surface area is 149 Å². The molecule has 0 saturated heterocycles. The number of para-hydroxylation sites is 1. The zero-order valence-electron chi connectivity index (χ0n) is 15.1. The van der Waals surface area contributed by atoms with Crippen LogP contribution in [0.1, 0.15) is 18.4 Å². The molecule has 1 aromatic heterocycles. The predicted molar refractivity (Wildman–Crippen MR) is 99.9 cm³/mol. The lowest BCUT2D eigenvalue weighted by molar-refractivity contribution is 0.115. The van der Waals surface area contributed by atoms with Crippen molar-refractivity contribution >= 4 is 5.96 Å². The van der Waals surface area contributed by atoms with Gasteiger partial charge in [0, 0.05) is 46.2 Å². The number of aliphatic imine (C=N–C) groups is 1. The molecule has 6 heteroatoms. The van der Waals surface area contributed by atoms with Gasteiger partial charge in [-0.25, -0.2) is 4.68 Å². The van der Waals surface area contributed by atoms with Crippen molar-refractivity contribution in [2.45, 2.75) is 19.4 Å². The van der Waals surface area contributed by atoms with E-state index in [1.165, 1.54) is 18.4 Å². The van der Waals surface area contributed by atoms with Crippen LogP contribution in [0.2, 0.25) is 0 Å². The molecule has 0 radical (unpaired) electrons. The molecule has 1 aromatic carbocycles. The van der Waals surface area contributed by atoms with Crippen molar-refractivity contribution in [3.05, 3.63) is 48.3 Å². The monoisotopic (exact) mass is 341 g/mol. The van der Waals surface area contributed by atoms with Crippen LogP contribution in [0.4, 0.5) is 0 Å². The van der Waals surface area contributed by atoms with E-state index in [0.717, 1.165) is 37.3 Å². The standard InChI is InChI=1S/C19H27N5O/c1-20-19(23(2)12-13-25-15-16-8-9-16)21-14-17-6-3-4-7-18(17)24-11-5-10-22-24/h3-7,10-11,16H,8-9,12-15H2,1-2H3,(H,20,21). The molecule has 3 rings (SSSR count). The molecule has 0 amide bonds. The smallest absolute Gasteiger partial charge is 0.193 e. The van der Waals surface area contributed by atoms with Gasteiger partial charge in [0.1, 0.15) is 0 Å². The van der Waals surface area contributed by atoms with Gasteiger partial charge in [0.2, 0.25) is 0 Å². The van der Waals surface area contributed by atoms with Gasteiger partial charge in [0.15, 0.2) is 5.96 Å². The summed E-state index contributed by atoms with van der Waals surface area (Å²) in [4.78, 5) is 6.48. The summed E-state index contributed by atoms with van der Waals surface area (Å²) < 4.78 is 7.60. The molecule has 25 heavy (non-hydrogen) atoms. The average molecular weight is 341 g/mol. The van der Waals surface area contributed by atoms with Crippen molar-refractivity contribution in [3.63, 3.8) is 0 Å². The molecule has 1 N–H and O–H groups in total. The number of likely N-dealkylation sites (N-methyl/N-ethyl adjacent to an activating group) is 1. The Bertz CT molecular complexity index is 679. The predicted octanol–water partition coefficient (Wildman–Crippen LogP) is 2.31. The number of hydrogen-bond acceptors (Lipinski definition) is 3. The van der Waals surface area contributed by atoms with E-state index in [1.807, 2.05) is 43.2 Å². The molecule has 1 heterocycles. The number of hydrogen-bond donors (Lipinski definition) is 1. The van der Waals surface area contributed by atoms with Crippen LogP contribution in [0.15, 0.2) is 47.7 Å². The summed E-state index contributed by atoms with van der Waals surface area (Å²) >= 11 is 0. The summed E-state index contributed by atoms with van der Waals surface area (Å²) in [6.45, 7) is 3.15. The summed E-state index contributed by atoms with van der Waals surface area (Å²) in [6.07, 6.45) is 6.40. The quantitative estimate of drug-likeness (QED) is 0.455. The van der Waals surface area contributed by atoms with Crippen LogP contribution < -0.4 is 5.32 Å². The molecular formula is C19H27N5O. The molecule has 134 valence electrons. The van der Waals surface area contributed by atoms with E-state index >= 15 is 0 Å². The van der Waals surface area contributed by atoms with Crippen LogP contribution in [0, 0.1) is 5.92 Å². The average Bonchev–Trinajstić information content (AvgIpc) is 3.30. The highest BCUT2D eigenvalue weighted by molar-refractivity contribution is 5.79. The van der Waals surface area contributed by atoms with E-state index in [1.54, 1.807) is 6.20 Å².